The molecule has 2 aromatic carbocycles. The van der Waals surface area contributed by atoms with Crippen molar-refractivity contribution in [2.45, 2.75) is 6.54 Å². The van der Waals surface area contributed by atoms with Gasteiger partial charge in [-0.05, 0) is 29.8 Å². The Hall–Kier alpha value is -3.54. The van der Waals surface area contributed by atoms with Crippen molar-refractivity contribution in [1.29, 1.82) is 0 Å². The van der Waals surface area contributed by atoms with Gasteiger partial charge in [-0.3, -0.25) is 9.78 Å². The van der Waals surface area contributed by atoms with Crippen LogP contribution in [0.5, 0.6) is 11.5 Å². The minimum atomic E-state index is -0.130. The number of aromatic nitrogens is 1. The molecule has 142 valence electrons. The number of hydrogen-bond acceptors (Lipinski definition) is 5. The van der Waals surface area contributed by atoms with Gasteiger partial charge in [-0.1, -0.05) is 30.3 Å². The highest BCUT2D eigenvalue weighted by molar-refractivity contribution is 5.93. The second kappa shape index (κ2) is 8.00. The predicted molar refractivity (Wildman–Crippen MR) is 107 cm³/mol. The Bertz CT molecular complexity index is 976. The summed E-state index contributed by atoms with van der Waals surface area (Å²) in [7, 11) is 1.78. The van der Waals surface area contributed by atoms with Crippen LogP contribution in [0.15, 0.2) is 66.9 Å². The fraction of sp³-hybridized carbons (Fsp3) is 0.182. The maximum atomic E-state index is 12.7. The van der Waals surface area contributed by atoms with Gasteiger partial charge in [-0.25, -0.2) is 0 Å². The Morgan fingerprint density at radius 1 is 1.00 bits per heavy atom. The lowest BCUT2D eigenvalue weighted by atomic mass is 10.2. The van der Waals surface area contributed by atoms with E-state index in [1.54, 1.807) is 24.2 Å². The van der Waals surface area contributed by atoms with Crippen molar-refractivity contribution in [3.63, 3.8) is 0 Å². The number of rotatable bonds is 5. The second-order valence-electron chi connectivity index (χ2n) is 6.56. The summed E-state index contributed by atoms with van der Waals surface area (Å²) in [6.07, 6.45) is 1.63. The normalized spacial score (nSPS) is 12.3. The van der Waals surface area contributed by atoms with E-state index < -0.39 is 0 Å². The van der Waals surface area contributed by atoms with Gasteiger partial charge >= 0.3 is 0 Å². The molecule has 1 N–H and O–H groups in total. The van der Waals surface area contributed by atoms with E-state index in [2.05, 4.69) is 10.3 Å². The van der Waals surface area contributed by atoms with Crippen LogP contribution in [-0.2, 0) is 6.54 Å². The Morgan fingerprint density at radius 3 is 2.57 bits per heavy atom. The van der Waals surface area contributed by atoms with E-state index in [0.29, 0.717) is 31.2 Å². The van der Waals surface area contributed by atoms with Gasteiger partial charge in [0.15, 0.2) is 11.5 Å². The molecule has 0 unspecified atom stereocenters. The molecule has 1 aliphatic rings. The number of fused-ring (bicyclic) bond motifs is 1. The first kappa shape index (κ1) is 17.9. The summed E-state index contributed by atoms with van der Waals surface area (Å²) < 4.78 is 11.2. The highest BCUT2D eigenvalue weighted by Crippen LogP contribution is 2.33. The van der Waals surface area contributed by atoms with Crippen molar-refractivity contribution in [1.82, 2.24) is 9.88 Å². The molecule has 1 aromatic heterocycles. The summed E-state index contributed by atoms with van der Waals surface area (Å²) in [5.74, 6) is 1.32. The van der Waals surface area contributed by atoms with Gasteiger partial charge in [-0.15, -0.1) is 0 Å². The van der Waals surface area contributed by atoms with Crippen molar-refractivity contribution in [2.75, 3.05) is 25.6 Å². The van der Waals surface area contributed by atoms with Crippen LogP contribution in [-0.4, -0.2) is 36.1 Å². The standard InChI is InChI=1S/C22H21N3O3/c1-25(15-16-5-3-2-4-6-16)22(26)19-13-18(9-10-23-19)24-17-7-8-20-21(14-17)28-12-11-27-20/h2-10,13-14H,11-12,15H2,1H3,(H,23,24). The molecule has 0 radical (unpaired) electrons. The van der Waals surface area contributed by atoms with Crippen LogP contribution in [0, 0.1) is 0 Å². The molecule has 2 heterocycles. The minimum Gasteiger partial charge on any atom is -0.486 e. The van der Waals surface area contributed by atoms with E-state index in [9.17, 15) is 4.79 Å². The van der Waals surface area contributed by atoms with Crippen LogP contribution in [0.1, 0.15) is 16.1 Å². The first-order valence-corrected chi connectivity index (χ1v) is 9.11. The first-order chi connectivity index (χ1) is 13.7. The van der Waals surface area contributed by atoms with Gasteiger partial charge in [0.05, 0.1) is 0 Å². The highest BCUT2D eigenvalue weighted by Gasteiger charge is 2.15. The van der Waals surface area contributed by atoms with Gasteiger partial charge in [0, 0.05) is 37.2 Å². The van der Waals surface area contributed by atoms with Crippen LogP contribution < -0.4 is 14.8 Å². The number of pyridine rings is 1. The van der Waals surface area contributed by atoms with E-state index in [1.165, 1.54) is 0 Å². The molecular formula is C22H21N3O3. The van der Waals surface area contributed by atoms with Gasteiger partial charge in [0.1, 0.15) is 18.9 Å². The summed E-state index contributed by atoms with van der Waals surface area (Å²) in [6, 6.07) is 19.1. The number of carbonyl (C=O) groups is 1. The summed E-state index contributed by atoms with van der Waals surface area (Å²) >= 11 is 0. The fourth-order valence-electron chi connectivity index (χ4n) is 3.04. The summed E-state index contributed by atoms with van der Waals surface area (Å²) in [6.45, 7) is 1.63. The highest BCUT2D eigenvalue weighted by atomic mass is 16.6. The van der Waals surface area contributed by atoms with Gasteiger partial charge < -0.3 is 19.7 Å². The minimum absolute atomic E-state index is 0.130. The summed E-state index contributed by atoms with van der Waals surface area (Å²) in [5, 5.41) is 3.29. The third kappa shape index (κ3) is 4.06. The van der Waals surface area contributed by atoms with Gasteiger partial charge in [0.2, 0.25) is 0 Å². The predicted octanol–water partition coefficient (Wildman–Crippen LogP) is 3.87. The van der Waals surface area contributed by atoms with E-state index in [1.807, 2.05) is 54.6 Å². The van der Waals surface area contributed by atoms with E-state index >= 15 is 0 Å². The zero-order chi connectivity index (χ0) is 19.3. The molecule has 6 heteroatoms. The van der Waals surface area contributed by atoms with E-state index in [-0.39, 0.29) is 5.91 Å². The molecule has 0 saturated carbocycles. The lowest BCUT2D eigenvalue weighted by Gasteiger charge is -2.19. The first-order valence-electron chi connectivity index (χ1n) is 9.11. The lowest BCUT2D eigenvalue weighted by molar-refractivity contribution is 0.0779. The molecule has 0 saturated heterocycles. The molecule has 0 aliphatic carbocycles. The largest absolute Gasteiger partial charge is 0.486 e. The summed E-state index contributed by atoms with van der Waals surface area (Å²) in [5.41, 5.74) is 3.10. The molecule has 1 aliphatic heterocycles. The Labute approximate surface area is 163 Å². The molecule has 3 aromatic rings. The smallest absolute Gasteiger partial charge is 0.272 e. The second-order valence-corrected chi connectivity index (χ2v) is 6.56. The van der Waals surface area contributed by atoms with Crippen molar-refractivity contribution in [2.24, 2.45) is 0 Å². The quantitative estimate of drug-likeness (QED) is 0.733. The molecule has 0 fully saturated rings. The number of amides is 1. The van der Waals surface area contributed by atoms with Gasteiger partial charge in [0.25, 0.3) is 5.91 Å². The molecular weight excluding hydrogens is 354 g/mol. The third-order valence-electron chi connectivity index (χ3n) is 4.42. The molecule has 1 amide bonds. The van der Waals surface area contributed by atoms with Crippen molar-refractivity contribution in [3.8, 4) is 11.5 Å². The maximum Gasteiger partial charge on any atom is 0.272 e. The maximum absolute atomic E-state index is 12.7. The molecule has 0 spiro atoms. The topological polar surface area (TPSA) is 63.7 Å². The molecule has 4 rings (SSSR count). The fourth-order valence-corrected chi connectivity index (χ4v) is 3.04. The lowest BCUT2D eigenvalue weighted by Crippen LogP contribution is -2.27. The number of nitrogens with zero attached hydrogens (tertiary/aromatic N) is 2. The van der Waals surface area contributed by atoms with Crippen LogP contribution in [0.25, 0.3) is 0 Å². The van der Waals surface area contributed by atoms with Crippen LogP contribution in [0.3, 0.4) is 0 Å². The van der Waals surface area contributed by atoms with Crippen molar-refractivity contribution < 1.29 is 14.3 Å². The molecule has 28 heavy (non-hydrogen) atoms. The van der Waals surface area contributed by atoms with Crippen LogP contribution in [0.2, 0.25) is 0 Å². The molecule has 6 nitrogen and oxygen atoms in total. The zero-order valence-electron chi connectivity index (χ0n) is 15.6. The SMILES string of the molecule is CN(Cc1ccccc1)C(=O)c1cc(Nc2ccc3c(c2)OCCO3)ccn1. The zero-order valence-corrected chi connectivity index (χ0v) is 15.6. The Kier molecular flexibility index (Phi) is 5.10. The van der Waals surface area contributed by atoms with Gasteiger partial charge in [-0.2, -0.15) is 0 Å². The Morgan fingerprint density at radius 2 is 1.75 bits per heavy atom. The van der Waals surface area contributed by atoms with E-state index in [0.717, 1.165) is 22.7 Å². The number of anilines is 2. The molecule has 0 bridgehead atoms. The van der Waals surface area contributed by atoms with Crippen LogP contribution in [0.4, 0.5) is 11.4 Å². The number of benzene rings is 2. The number of ether oxygens (including phenoxy) is 2. The third-order valence-corrected chi connectivity index (χ3v) is 4.42. The van der Waals surface area contributed by atoms with Crippen molar-refractivity contribution >= 4 is 17.3 Å². The average Bonchev–Trinajstić information content (AvgIpc) is 2.74. The number of hydrogen-bond donors (Lipinski definition) is 1. The summed E-state index contributed by atoms with van der Waals surface area (Å²) in [4.78, 5) is 18.6. The average molecular weight is 375 g/mol. The monoisotopic (exact) mass is 375 g/mol. The van der Waals surface area contributed by atoms with Crippen molar-refractivity contribution in [3.05, 3.63) is 78.1 Å². The molecule has 0 atom stereocenters. The number of nitrogens with one attached hydrogen (secondary N) is 1. The number of carbonyl (C=O) groups excluding carboxylic acids is 1. The Balaban J connectivity index is 1.47. The van der Waals surface area contributed by atoms with E-state index in [4.69, 9.17) is 9.47 Å². The van der Waals surface area contributed by atoms with Crippen LogP contribution >= 0.6 is 0 Å².